The molecule has 0 saturated carbocycles. The van der Waals surface area contributed by atoms with E-state index in [2.05, 4.69) is 0 Å². The van der Waals surface area contributed by atoms with Crippen LogP contribution in [0, 0.1) is 5.92 Å². The minimum Gasteiger partial charge on any atom is -0.444 e. The third kappa shape index (κ3) is 4.62. The van der Waals surface area contributed by atoms with Crippen LogP contribution in [0.15, 0.2) is 24.3 Å². The van der Waals surface area contributed by atoms with Crippen LogP contribution in [0.3, 0.4) is 0 Å². The normalized spacial score (nSPS) is 18.1. The second kappa shape index (κ2) is 6.88. The van der Waals surface area contributed by atoms with Gasteiger partial charge < -0.3 is 15.4 Å². The van der Waals surface area contributed by atoms with Crippen molar-refractivity contribution in [2.24, 2.45) is 11.7 Å². The highest BCUT2D eigenvalue weighted by atomic mass is 35.5. The lowest BCUT2D eigenvalue weighted by Gasteiger charge is -2.35. The number of rotatable bonds is 2. The summed E-state index contributed by atoms with van der Waals surface area (Å²) in [4.78, 5) is 13.8. The van der Waals surface area contributed by atoms with Crippen LogP contribution < -0.4 is 5.73 Å². The summed E-state index contributed by atoms with van der Waals surface area (Å²) in [6.07, 6.45) is 1.55. The van der Waals surface area contributed by atoms with Crippen LogP contribution in [0.25, 0.3) is 0 Å². The van der Waals surface area contributed by atoms with Gasteiger partial charge in [-0.2, -0.15) is 0 Å². The van der Waals surface area contributed by atoms with Crippen molar-refractivity contribution in [2.45, 2.75) is 45.3 Å². The van der Waals surface area contributed by atoms with E-state index >= 15 is 0 Å². The molecular formula is C17H25ClN2O2. The molecule has 122 valence electrons. The minimum absolute atomic E-state index is 0.0157. The molecule has 1 aliphatic rings. The van der Waals surface area contributed by atoms with Crippen molar-refractivity contribution in [1.29, 1.82) is 0 Å². The maximum absolute atomic E-state index is 12.1. The molecule has 2 N–H and O–H groups in total. The number of amides is 1. The zero-order valence-electron chi connectivity index (χ0n) is 13.5. The Bertz CT molecular complexity index is 502. The Morgan fingerprint density at radius 3 is 2.32 bits per heavy atom. The van der Waals surface area contributed by atoms with Gasteiger partial charge in [0.2, 0.25) is 0 Å². The molecule has 0 spiro atoms. The van der Waals surface area contributed by atoms with E-state index in [4.69, 9.17) is 22.1 Å². The van der Waals surface area contributed by atoms with Crippen molar-refractivity contribution < 1.29 is 9.53 Å². The highest BCUT2D eigenvalue weighted by molar-refractivity contribution is 6.30. The number of nitrogens with two attached hydrogens (primary N) is 1. The number of ether oxygens (including phenoxy) is 1. The van der Waals surface area contributed by atoms with Gasteiger partial charge in [0.15, 0.2) is 0 Å². The molecule has 1 aliphatic heterocycles. The molecule has 0 aromatic heterocycles. The minimum atomic E-state index is -0.451. The molecule has 1 aromatic carbocycles. The summed E-state index contributed by atoms with van der Waals surface area (Å²) in [7, 11) is 0. The zero-order chi connectivity index (χ0) is 16.3. The average Bonchev–Trinajstić information content (AvgIpc) is 2.46. The summed E-state index contributed by atoms with van der Waals surface area (Å²) in [6, 6.07) is 7.68. The van der Waals surface area contributed by atoms with Gasteiger partial charge in [-0.25, -0.2) is 4.79 Å². The molecule has 1 aromatic rings. The van der Waals surface area contributed by atoms with Crippen LogP contribution in [0.5, 0.6) is 0 Å². The molecular weight excluding hydrogens is 300 g/mol. The van der Waals surface area contributed by atoms with Crippen LogP contribution in [0.2, 0.25) is 5.02 Å². The van der Waals surface area contributed by atoms with Crippen molar-refractivity contribution in [1.82, 2.24) is 4.90 Å². The summed E-state index contributed by atoms with van der Waals surface area (Å²) in [5.41, 5.74) is 7.01. The fourth-order valence-electron chi connectivity index (χ4n) is 2.72. The van der Waals surface area contributed by atoms with Gasteiger partial charge >= 0.3 is 6.09 Å². The Hall–Kier alpha value is -1.26. The van der Waals surface area contributed by atoms with E-state index in [1.807, 2.05) is 45.0 Å². The van der Waals surface area contributed by atoms with E-state index in [1.54, 1.807) is 4.90 Å². The van der Waals surface area contributed by atoms with E-state index in [-0.39, 0.29) is 12.1 Å². The third-order valence-corrected chi connectivity index (χ3v) is 4.21. The highest BCUT2D eigenvalue weighted by Crippen LogP contribution is 2.30. The monoisotopic (exact) mass is 324 g/mol. The molecule has 4 nitrogen and oxygen atoms in total. The SMILES string of the molecule is CC(C)(C)OC(=O)N1CCC([C@H](N)c2ccc(Cl)cc2)CC1. The van der Waals surface area contributed by atoms with E-state index in [9.17, 15) is 4.79 Å². The maximum Gasteiger partial charge on any atom is 0.410 e. The number of hydrogen-bond acceptors (Lipinski definition) is 3. The smallest absolute Gasteiger partial charge is 0.410 e. The van der Waals surface area contributed by atoms with E-state index in [0.717, 1.165) is 23.4 Å². The van der Waals surface area contributed by atoms with Gasteiger partial charge in [0.25, 0.3) is 0 Å². The third-order valence-electron chi connectivity index (χ3n) is 3.95. The Morgan fingerprint density at radius 1 is 1.27 bits per heavy atom. The number of carbonyl (C=O) groups is 1. The predicted molar refractivity (Wildman–Crippen MR) is 88.9 cm³/mol. The van der Waals surface area contributed by atoms with Crippen LogP contribution in [-0.2, 0) is 4.74 Å². The number of piperidine rings is 1. The molecule has 5 heteroatoms. The quantitative estimate of drug-likeness (QED) is 0.895. The number of halogens is 1. The number of carbonyl (C=O) groups excluding carboxylic acids is 1. The molecule has 1 atom stereocenters. The van der Waals surface area contributed by atoms with Crippen molar-refractivity contribution in [2.75, 3.05) is 13.1 Å². The topological polar surface area (TPSA) is 55.6 Å². The van der Waals surface area contributed by atoms with Gasteiger partial charge in [-0.15, -0.1) is 0 Å². The molecule has 1 fully saturated rings. The largest absolute Gasteiger partial charge is 0.444 e. The highest BCUT2D eigenvalue weighted by Gasteiger charge is 2.29. The van der Waals surface area contributed by atoms with Crippen molar-refractivity contribution in [3.8, 4) is 0 Å². The lowest BCUT2D eigenvalue weighted by Crippen LogP contribution is -2.43. The Kier molecular flexibility index (Phi) is 5.35. The first-order valence-electron chi connectivity index (χ1n) is 7.75. The van der Waals surface area contributed by atoms with Gasteiger partial charge in [-0.05, 0) is 57.2 Å². The summed E-state index contributed by atoms with van der Waals surface area (Å²) < 4.78 is 5.41. The van der Waals surface area contributed by atoms with E-state index in [1.165, 1.54) is 0 Å². The summed E-state index contributed by atoms with van der Waals surface area (Å²) in [6.45, 7) is 7.04. The number of likely N-dealkylation sites (tertiary alicyclic amines) is 1. The maximum atomic E-state index is 12.1. The van der Waals surface area contributed by atoms with Crippen molar-refractivity contribution in [3.05, 3.63) is 34.9 Å². The summed E-state index contributed by atoms with van der Waals surface area (Å²) in [5.74, 6) is 0.375. The van der Waals surface area contributed by atoms with E-state index in [0.29, 0.717) is 19.0 Å². The molecule has 2 rings (SSSR count). The van der Waals surface area contributed by atoms with Gasteiger partial charge in [-0.1, -0.05) is 23.7 Å². The first-order chi connectivity index (χ1) is 10.3. The van der Waals surface area contributed by atoms with Crippen molar-refractivity contribution in [3.63, 3.8) is 0 Å². The second-order valence-electron chi connectivity index (χ2n) is 6.88. The zero-order valence-corrected chi connectivity index (χ0v) is 14.3. The van der Waals surface area contributed by atoms with Crippen LogP contribution in [0.1, 0.15) is 45.2 Å². The first-order valence-corrected chi connectivity index (χ1v) is 8.13. The van der Waals surface area contributed by atoms with Crippen molar-refractivity contribution >= 4 is 17.7 Å². The predicted octanol–water partition coefficient (Wildman–Crippen LogP) is 3.99. The average molecular weight is 325 g/mol. The van der Waals surface area contributed by atoms with Crippen LogP contribution >= 0.6 is 11.6 Å². The van der Waals surface area contributed by atoms with Gasteiger partial charge in [-0.3, -0.25) is 0 Å². The van der Waals surface area contributed by atoms with Gasteiger partial charge in [0.05, 0.1) is 0 Å². The lowest BCUT2D eigenvalue weighted by molar-refractivity contribution is 0.0174. The number of hydrogen-bond donors (Lipinski definition) is 1. The molecule has 1 heterocycles. The molecule has 1 amide bonds. The second-order valence-corrected chi connectivity index (χ2v) is 7.32. The van der Waals surface area contributed by atoms with Crippen LogP contribution in [-0.4, -0.2) is 29.7 Å². The summed E-state index contributed by atoms with van der Waals surface area (Å²) in [5, 5.41) is 0.718. The first kappa shape index (κ1) is 17.1. The Balaban J connectivity index is 1.89. The molecule has 0 bridgehead atoms. The van der Waals surface area contributed by atoms with Gasteiger partial charge in [0, 0.05) is 24.2 Å². The fraction of sp³-hybridized carbons (Fsp3) is 0.588. The number of benzene rings is 1. The summed E-state index contributed by atoms with van der Waals surface area (Å²) >= 11 is 5.91. The molecule has 0 radical (unpaired) electrons. The fourth-order valence-corrected chi connectivity index (χ4v) is 2.85. The van der Waals surface area contributed by atoms with Gasteiger partial charge in [0.1, 0.15) is 5.60 Å². The molecule has 1 saturated heterocycles. The molecule has 22 heavy (non-hydrogen) atoms. The van der Waals surface area contributed by atoms with Crippen LogP contribution in [0.4, 0.5) is 4.79 Å². The standard InChI is InChI=1S/C17H25ClN2O2/c1-17(2,3)22-16(21)20-10-8-13(9-11-20)15(19)12-4-6-14(18)7-5-12/h4-7,13,15H,8-11,19H2,1-3H3/t15-/m1/s1. The molecule has 0 unspecified atom stereocenters. The number of nitrogens with zero attached hydrogens (tertiary/aromatic N) is 1. The Morgan fingerprint density at radius 2 is 1.82 bits per heavy atom. The Labute approximate surface area is 137 Å². The molecule has 0 aliphatic carbocycles. The van der Waals surface area contributed by atoms with E-state index < -0.39 is 5.60 Å². The lowest BCUT2D eigenvalue weighted by atomic mass is 9.86.